The summed E-state index contributed by atoms with van der Waals surface area (Å²) >= 11 is 7.13. The number of fused-ring (bicyclic) bond motifs is 2. The molecule has 2 aliphatic rings. The Morgan fingerprint density at radius 3 is 2.85 bits per heavy atom. The molecule has 0 saturated carbocycles. The van der Waals surface area contributed by atoms with E-state index < -0.39 is 16.1 Å². The summed E-state index contributed by atoms with van der Waals surface area (Å²) in [5, 5.41) is 2.95. The number of hydrogen-bond acceptors (Lipinski definition) is 7. The first-order valence-corrected chi connectivity index (χ1v) is 13.0. The van der Waals surface area contributed by atoms with E-state index in [1.54, 1.807) is 34.2 Å². The summed E-state index contributed by atoms with van der Waals surface area (Å²) in [4.78, 5) is 14.6. The minimum atomic E-state index is -3.85. The van der Waals surface area contributed by atoms with Crippen LogP contribution in [0.15, 0.2) is 46.7 Å². The number of nitrogens with zero attached hydrogens (tertiary/aromatic N) is 2. The number of benzene rings is 2. The molecular weight excluding hydrogens is 482 g/mol. The molecule has 3 aromatic rings. The highest BCUT2D eigenvalue weighted by atomic mass is 35.5. The minimum absolute atomic E-state index is 0.154. The summed E-state index contributed by atoms with van der Waals surface area (Å²) in [6, 6.07) is 9.72. The quantitative estimate of drug-likeness (QED) is 0.363. The molecule has 1 amide bonds. The number of halogens is 1. The van der Waals surface area contributed by atoms with E-state index in [2.05, 4.69) is 4.72 Å². The van der Waals surface area contributed by atoms with Crippen LogP contribution in [-0.4, -0.2) is 38.4 Å². The fraction of sp³-hybridized carbons (Fsp3) is 0.227. The van der Waals surface area contributed by atoms with Crippen LogP contribution in [0.3, 0.4) is 0 Å². The van der Waals surface area contributed by atoms with Crippen LogP contribution in [0.5, 0.6) is 0 Å². The molecule has 33 heavy (non-hydrogen) atoms. The summed E-state index contributed by atoms with van der Waals surface area (Å²) in [5.41, 5.74) is 9.33. The molecule has 1 aromatic heterocycles. The third kappa shape index (κ3) is 4.20. The zero-order chi connectivity index (χ0) is 23.3. The number of anilines is 2. The summed E-state index contributed by atoms with van der Waals surface area (Å²) < 4.78 is 29.4. The molecule has 3 heterocycles. The average Bonchev–Trinajstić information content (AvgIpc) is 3.33. The number of thiophene rings is 1. The highest BCUT2D eigenvalue weighted by Gasteiger charge is 2.35. The predicted molar refractivity (Wildman–Crippen MR) is 132 cm³/mol. The highest BCUT2D eigenvalue weighted by Crippen LogP contribution is 2.33. The highest BCUT2D eigenvalue weighted by molar-refractivity contribution is 7.91. The number of carbonyl (C=O) groups is 1. The molecule has 1 atom stereocenters. The molecule has 5 rings (SSSR count). The Labute approximate surface area is 200 Å². The van der Waals surface area contributed by atoms with Gasteiger partial charge in [-0.2, -0.15) is 4.72 Å². The fourth-order valence-corrected chi connectivity index (χ4v) is 7.06. The van der Waals surface area contributed by atoms with Crippen molar-refractivity contribution in [2.45, 2.75) is 23.2 Å². The lowest BCUT2D eigenvalue weighted by Gasteiger charge is -2.25. The van der Waals surface area contributed by atoms with Gasteiger partial charge in [-0.15, -0.1) is 11.3 Å². The van der Waals surface area contributed by atoms with Crippen molar-refractivity contribution in [1.29, 1.82) is 0 Å². The molecule has 0 bridgehead atoms. The van der Waals surface area contributed by atoms with E-state index >= 15 is 0 Å². The number of nitrogen functional groups attached to an aromatic ring is 1. The van der Waals surface area contributed by atoms with E-state index in [0.29, 0.717) is 30.2 Å². The van der Waals surface area contributed by atoms with Gasteiger partial charge in [-0.3, -0.25) is 4.79 Å². The number of nitrogens with two attached hydrogens (primary N) is 2. The second-order valence-electron chi connectivity index (χ2n) is 8.13. The standard InChI is InChI=1S/C22H22ClN5O3S2/c23-16-4-3-14-10-21(32-20(14)11-16)33(30,31)26-18-5-7-27(22(18)29)12-15-9-19-13(8-17(15)24)2-1-6-28(19)25/h1-4,8-11,18,26H,5-7,12,24-25H2/t18-/m0/s1. The molecule has 11 heteroatoms. The van der Waals surface area contributed by atoms with Crippen LogP contribution in [0.25, 0.3) is 16.2 Å². The van der Waals surface area contributed by atoms with Crippen molar-refractivity contribution in [1.82, 2.24) is 9.62 Å². The van der Waals surface area contributed by atoms with Crippen molar-refractivity contribution in [3.05, 3.63) is 58.6 Å². The smallest absolute Gasteiger partial charge is 0.250 e. The van der Waals surface area contributed by atoms with Crippen molar-refractivity contribution in [3.63, 3.8) is 0 Å². The van der Waals surface area contributed by atoms with Gasteiger partial charge in [0.05, 0.1) is 12.2 Å². The number of rotatable bonds is 5. The van der Waals surface area contributed by atoms with Gasteiger partial charge in [0, 0.05) is 34.1 Å². The van der Waals surface area contributed by atoms with Crippen LogP contribution in [0.2, 0.25) is 5.02 Å². The summed E-state index contributed by atoms with van der Waals surface area (Å²) in [6.45, 7) is 1.30. The van der Waals surface area contributed by atoms with E-state index in [1.807, 2.05) is 24.3 Å². The molecule has 0 radical (unpaired) electrons. The van der Waals surface area contributed by atoms with Gasteiger partial charge < -0.3 is 15.6 Å². The first-order valence-electron chi connectivity index (χ1n) is 10.3. The minimum Gasteiger partial charge on any atom is -0.398 e. The Morgan fingerprint density at radius 1 is 1.21 bits per heavy atom. The zero-order valence-electron chi connectivity index (χ0n) is 17.5. The normalized spacial score (nSPS) is 18.4. The number of nitrogens with one attached hydrogen (secondary N) is 1. The molecule has 0 spiro atoms. The molecule has 2 aromatic carbocycles. The molecule has 1 fully saturated rings. The van der Waals surface area contributed by atoms with Crippen LogP contribution in [0, 0.1) is 0 Å². The van der Waals surface area contributed by atoms with Crippen molar-refractivity contribution in [2.24, 2.45) is 5.84 Å². The third-order valence-corrected chi connectivity index (χ3v) is 9.16. The number of likely N-dealkylation sites (tertiary alicyclic amines) is 1. The van der Waals surface area contributed by atoms with Gasteiger partial charge in [0.25, 0.3) is 10.0 Å². The Hall–Kier alpha value is -2.63. The van der Waals surface area contributed by atoms with Gasteiger partial charge in [-0.1, -0.05) is 29.8 Å². The van der Waals surface area contributed by atoms with E-state index in [9.17, 15) is 13.2 Å². The van der Waals surface area contributed by atoms with Gasteiger partial charge in [0.2, 0.25) is 5.91 Å². The molecule has 0 unspecified atom stereocenters. The van der Waals surface area contributed by atoms with E-state index in [4.69, 9.17) is 23.2 Å². The number of hydrogen-bond donors (Lipinski definition) is 3. The van der Waals surface area contributed by atoms with Crippen molar-refractivity contribution < 1.29 is 13.2 Å². The maximum Gasteiger partial charge on any atom is 0.250 e. The lowest BCUT2D eigenvalue weighted by molar-refractivity contribution is -0.129. The number of hydrazine groups is 1. The summed E-state index contributed by atoms with van der Waals surface area (Å²) in [7, 11) is -3.85. The van der Waals surface area contributed by atoms with Crippen molar-refractivity contribution in [3.8, 4) is 0 Å². The molecule has 172 valence electrons. The van der Waals surface area contributed by atoms with Crippen LogP contribution in [-0.2, 0) is 21.4 Å². The predicted octanol–water partition coefficient (Wildman–Crippen LogP) is 2.92. The van der Waals surface area contributed by atoms with Gasteiger partial charge >= 0.3 is 0 Å². The largest absolute Gasteiger partial charge is 0.398 e. The van der Waals surface area contributed by atoms with Gasteiger partial charge in [-0.25, -0.2) is 14.3 Å². The van der Waals surface area contributed by atoms with Crippen LogP contribution < -0.4 is 21.3 Å². The Balaban J connectivity index is 1.32. The zero-order valence-corrected chi connectivity index (χ0v) is 19.9. The lowest BCUT2D eigenvalue weighted by atomic mass is 10.0. The van der Waals surface area contributed by atoms with Gasteiger partial charge in [0.15, 0.2) is 0 Å². The molecule has 2 aliphatic heterocycles. The summed E-state index contributed by atoms with van der Waals surface area (Å²) in [5.74, 6) is 5.79. The molecule has 0 aliphatic carbocycles. The fourth-order valence-electron chi connectivity index (χ4n) is 4.15. The number of carbonyl (C=O) groups excluding carboxylic acids is 1. The van der Waals surface area contributed by atoms with Crippen LogP contribution in [0.4, 0.5) is 11.4 Å². The summed E-state index contributed by atoms with van der Waals surface area (Å²) in [6.07, 6.45) is 4.30. The van der Waals surface area contributed by atoms with E-state index in [1.165, 1.54) is 0 Å². The monoisotopic (exact) mass is 503 g/mol. The maximum absolute atomic E-state index is 13.0. The maximum atomic E-state index is 13.0. The Morgan fingerprint density at radius 2 is 2.03 bits per heavy atom. The molecule has 5 N–H and O–H groups in total. The van der Waals surface area contributed by atoms with Crippen molar-refractivity contribution >= 4 is 66.4 Å². The Bertz CT molecular complexity index is 1400. The second-order valence-corrected chi connectivity index (χ2v) is 11.6. The molecule has 1 saturated heterocycles. The van der Waals surface area contributed by atoms with Gasteiger partial charge in [0.1, 0.15) is 10.3 Å². The molecular formula is C22H22ClN5O3S2. The average molecular weight is 504 g/mol. The topological polar surface area (TPSA) is 122 Å². The Kier molecular flexibility index (Phi) is 5.58. The van der Waals surface area contributed by atoms with Crippen LogP contribution >= 0.6 is 22.9 Å². The van der Waals surface area contributed by atoms with E-state index in [0.717, 1.165) is 38.2 Å². The SMILES string of the molecule is Nc1cc2c(cc1CN1CC[C@H](NS(=O)(=O)c3cc4ccc(Cl)cc4s3)C1=O)N(N)CC=C2. The number of sulfonamides is 1. The first kappa shape index (κ1) is 22.2. The third-order valence-electron chi connectivity index (χ3n) is 5.88. The number of amides is 1. The first-order chi connectivity index (χ1) is 15.7. The van der Waals surface area contributed by atoms with Crippen LogP contribution in [0.1, 0.15) is 17.5 Å². The van der Waals surface area contributed by atoms with E-state index in [-0.39, 0.29) is 16.7 Å². The lowest BCUT2D eigenvalue weighted by Crippen LogP contribution is -2.41. The van der Waals surface area contributed by atoms with Gasteiger partial charge in [-0.05, 0) is 47.7 Å². The van der Waals surface area contributed by atoms with Crippen molar-refractivity contribution in [2.75, 3.05) is 23.8 Å². The molecule has 8 nitrogen and oxygen atoms in total. The second kappa shape index (κ2) is 8.30.